The summed E-state index contributed by atoms with van der Waals surface area (Å²) in [6, 6.07) is 18.3. The number of hydrogen-bond donors (Lipinski definition) is 0. The van der Waals surface area contributed by atoms with Crippen molar-refractivity contribution in [2.24, 2.45) is 0 Å². The Morgan fingerprint density at radius 1 is 0.759 bits per heavy atom. The summed E-state index contributed by atoms with van der Waals surface area (Å²) >= 11 is 0. The van der Waals surface area contributed by atoms with E-state index in [0.717, 1.165) is 0 Å². The molecule has 1 aliphatic carbocycles. The van der Waals surface area contributed by atoms with Crippen LogP contribution in [0, 0.1) is 0 Å². The molecule has 0 radical (unpaired) electrons. The summed E-state index contributed by atoms with van der Waals surface area (Å²) in [7, 11) is 0. The largest absolute Gasteiger partial charge is 0.335 e. The molecule has 3 aromatic carbocycles. The highest BCUT2D eigenvalue weighted by Gasteiger charge is 2.40. The van der Waals surface area contributed by atoms with E-state index in [2.05, 4.69) is 102 Å². The topological polar surface area (TPSA) is 4.93 Å². The molecule has 0 bridgehead atoms. The Morgan fingerprint density at radius 2 is 1.45 bits per heavy atom. The van der Waals surface area contributed by atoms with Gasteiger partial charge < -0.3 is 4.57 Å². The average molecular weight is 384 g/mol. The minimum Gasteiger partial charge on any atom is -0.335 e. The molecule has 1 aliphatic rings. The lowest BCUT2D eigenvalue weighted by atomic mass is 9.62. The van der Waals surface area contributed by atoms with Crippen molar-refractivity contribution in [3.8, 4) is 0 Å². The molecular weight excluding hydrogens is 350 g/mol. The van der Waals surface area contributed by atoms with Crippen LogP contribution in [0.25, 0.3) is 32.6 Å². The third-order valence-electron chi connectivity index (χ3n) is 7.27. The van der Waals surface area contributed by atoms with Gasteiger partial charge in [0, 0.05) is 16.3 Å². The molecule has 0 saturated carbocycles. The molecule has 1 aromatic heterocycles. The molecule has 0 unspecified atom stereocenters. The lowest BCUT2D eigenvalue weighted by Crippen LogP contribution is -2.35. The normalized spacial score (nSPS) is 18.4. The van der Waals surface area contributed by atoms with E-state index in [1.54, 1.807) is 11.1 Å². The predicted molar refractivity (Wildman–Crippen MR) is 127 cm³/mol. The maximum absolute atomic E-state index is 2.63. The maximum Gasteiger partial charge on any atom is 0.0537 e. The summed E-state index contributed by atoms with van der Waals surface area (Å²) in [5, 5.41) is 5.52. The van der Waals surface area contributed by atoms with E-state index in [1.165, 1.54) is 45.4 Å². The second-order valence-electron chi connectivity index (χ2n) is 11.3. The Morgan fingerprint density at radius 3 is 2.17 bits per heavy atom. The molecule has 0 atom stereocenters. The van der Waals surface area contributed by atoms with Crippen LogP contribution in [0.5, 0.6) is 0 Å². The molecule has 0 amide bonds. The van der Waals surface area contributed by atoms with Crippen LogP contribution in [0.15, 0.2) is 48.5 Å². The highest BCUT2D eigenvalue weighted by atomic mass is 15.1. The average Bonchev–Trinajstić information content (AvgIpc) is 3.00. The summed E-state index contributed by atoms with van der Waals surface area (Å²) in [4.78, 5) is 0. The highest BCUT2D eigenvalue weighted by molar-refractivity contribution is 6.21. The molecule has 0 N–H and O–H groups in total. The van der Waals surface area contributed by atoms with Crippen LogP contribution >= 0.6 is 0 Å². The van der Waals surface area contributed by atoms with Gasteiger partial charge in [0.2, 0.25) is 0 Å². The molecule has 1 heterocycles. The quantitative estimate of drug-likeness (QED) is 0.289. The van der Waals surface area contributed by atoms with E-state index in [0.29, 0.717) is 0 Å². The third-order valence-corrected chi connectivity index (χ3v) is 7.27. The number of nitrogens with zero attached hydrogens (tertiary/aromatic N) is 1. The van der Waals surface area contributed by atoms with E-state index >= 15 is 0 Å². The van der Waals surface area contributed by atoms with Gasteiger partial charge in [-0.1, -0.05) is 70.2 Å². The number of hydrogen-bond acceptors (Lipinski definition) is 0. The van der Waals surface area contributed by atoms with Gasteiger partial charge >= 0.3 is 0 Å². The zero-order chi connectivity index (χ0) is 20.8. The molecule has 0 aliphatic heterocycles. The van der Waals surface area contributed by atoms with Crippen LogP contribution in [0.2, 0.25) is 0 Å². The van der Waals surface area contributed by atoms with E-state index in [9.17, 15) is 0 Å². The summed E-state index contributed by atoms with van der Waals surface area (Å²) in [5.74, 6) is 0. The van der Waals surface area contributed by atoms with Gasteiger partial charge in [0.05, 0.1) is 11.0 Å². The van der Waals surface area contributed by atoms with E-state index in [4.69, 9.17) is 0 Å². The second kappa shape index (κ2) is 5.65. The summed E-state index contributed by atoms with van der Waals surface area (Å²) in [5.41, 5.74) is 6.34. The molecule has 0 fully saturated rings. The van der Waals surface area contributed by atoms with Crippen molar-refractivity contribution in [2.45, 2.75) is 77.7 Å². The van der Waals surface area contributed by atoms with Gasteiger partial charge in [0.15, 0.2) is 0 Å². The van der Waals surface area contributed by atoms with Crippen molar-refractivity contribution in [1.82, 2.24) is 4.57 Å². The first-order valence-corrected chi connectivity index (χ1v) is 11.0. The number of rotatable bonds is 0. The van der Waals surface area contributed by atoms with Crippen molar-refractivity contribution < 1.29 is 0 Å². The first kappa shape index (κ1) is 18.7. The fraction of sp³-hybridized carbons (Fsp3) is 0.429. The van der Waals surface area contributed by atoms with E-state index in [-0.39, 0.29) is 16.4 Å². The standard InChI is InChI=1S/C28H33N/c1-26(2,3)29-22-15-12-18-10-8-9-11-19(18)23(22)20-13-14-21-24(25(20)29)28(6,7)17-16-27(21,4)5/h8-15H,16-17H2,1-7H3. The zero-order valence-electron chi connectivity index (χ0n) is 19.0. The monoisotopic (exact) mass is 383 g/mol. The van der Waals surface area contributed by atoms with Gasteiger partial charge in [-0.15, -0.1) is 0 Å². The Bertz CT molecular complexity index is 1270. The molecule has 1 nitrogen and oxygen atoms in total. The van der Waals surface area contributed by atoms with Gasteiger partial charge in [-0.25, -0.2) is 0 Å². The molecule has 4 aromatic rings. The fourth-order valence-electron chi connectivity index (χ4n) is 5.71. The van der Waals surface area contributed by atoms with Gasteiger partial charge in [-0.2, -0.15) is 0 Å². The van der Waals surface area contributed by atoms with Crippen LogP contribution in [-0.2, 0) is 16.4 Å². The highest BCUT2D eigenvalue weighted by Crippen LogP contribution is 2.51. The van der Waals surface area contributed by atoms with Gasteiger partial charge in [0.1, 0.15) is 0 Å². The molecule has 150 valence electrons. The minimum atomic E-state index is 0.00918. The molecule has 5 rings (SSSR count). The van der Waals surface area contributed by atoms with Crippen LogP contribution in [-0.4, -0.2) is 4.57 Å². The van der Waals surface area contributed by atoms with Crippen molar-refractivity contribution in [2.75, 3.05) is 0 Å². The van der Waals surface area contributed by atoms with Crippen molar-refractivity contribution in [3.63, 3.8) is 0 Å². The van der Waals surface area contributed by atoms with Crippen molar-refractivity contribution >= 4 is 32.6 Å². The Kier molecular flexibility index (Phi) is 3.65. The predicted octanol–water partition coefficient (Wildman–Crippen LogP) is 8.05. The fourth-order valence-corrected chi connectivity index (χ4v) is 5.71. The lowest BCUT2D eigenvalue weighted by molar-refractivity contribution is 0.331. The lowest BCUT2D eigenvalue weighted by Gasteiger charge is -2.43. The molecular formula is C28H33N. The molecule has 0 saturated heterocycles. The SMILES string of the molecule is CC1(C)CCC(C)(C)c2c1ccc1c3c4ccccc4ccc3n(C(C)(C)C)c21. The van der Waals surface area contributed by atoms with E-state index < -0.39 is 0 Å². The third kappa shape index (κ3) is 2.52. The number of benzene rings is 3. The first-order valence-electron chi connectivity index (χ1n) is 11.0. The second-order valence-corrected chi connectivity index (χ2v) is 11.3. The van der Waals surface area contributed by atoms with Crippen molar-refractivity contribution in [1.29, 1.82) is 0 Å². The smallest absolute Gasteiger partial charge is 0.0537 e. The summed E-state index contributed by atoms with van der Waals surface area (Å²) in [6.45, 7) is 16.8. The van der Waals surface area contributed by atoms with Crippen LogP contribution in [0.1, 0.15) is 72.4 Å². The summed E-state index contributed by atoms with van der Waals surface area (Å²) < 4.78 is 2.63. The zero-order valence-corrected chi connectivity index (χ0v) is 19.0. The van der Waals surface area contributed by atoms with Crippen LogP contribution < -0.4 is 0 Å². The van der Waals surface area contributed by atoms with Gasteiger partial charge in [-0.05, 0) is 72.4 Å². The maximum atomic E-state index is 2.63. The Balaban J connectivity index is 2.10. The Hall–Kier alpha value is -2.28. The number of fused-ring (bicyclic) bond motifs is 7. The van der Waals surface area contributed by atoms with Gasteiger partial charge in [-0.3, -0.25) is 0 Å². The van der Waals surface area contributed by atoms with Gasteiger partial charge in [0.25, 0.3) is 0 Å². The molecule has 0 spiro atoms. The number of aromatic nitrogens is 1. The molecule has 1 heteroatoms. The van der Waals surface area contributed by atoms with Crippen molar-refractivity contribution in [3.05, 3.63) is 59.7 Å². The van der Waals surface area contributed by atoms with Crippen LogP contribution in [0.3, 0.4) is 0 Å². The van der Waals surface area contributed by atoms with E-state index in [1.807, 2.05) is 0 Å². The molecule has 29 heavy (non-hydrogen) atoms. The Labute approximate surface area is 174 Å². The van der Waals surface area contributed by atoms with Crippen LogP contribution in [0.4, 0.5) is 0 Å². The first-order chi connectivity index (χ1) is 13.5. The minimum absolute atomic E-state index is 0.00918. The summed E-state index contributed by atoms with van der Waals surface area (Å²) in [6.07, 6.45) is 2.48.